The molecule has 0 aliphatic carbocycles. The van der Waals surface area contributed by atoms with E-state index >= 15 is 0 Å². The number of carbonyl (C=O) groups excluding carboxylic acids is 3. The lowest BCUT2D eigenvalue weighted by Crippen LogP contribution is -2.39. The van der Waals surface area contributed by atoms with E-state index in [2.05, 4.69) is 15.6 Å². The number of aromatic hydroxyl groups is 1. The number of nitrogens with zero attached hydrogens (tertiary/aromatic N) is 1. The fraction of sp³-hybridized carbons (Fsp3) is 0.167. The number of carbonyl (C=O) groups is 3. The summed E-state index contributed by atoms with van der Waals surface area (Å²) < 4.78 is 0. The smallest absolute Gasteiger partial charge is 0.344 e. The Kier molecular flexibility index (Phi) is 5.68. The summed E-state index contributed by atoms with van der Waals surface area (Å²) in [6.07, 6.45) is 0.530. The minimum atomic E-state index is -0.891. The molecule has 0 aromatic heterocycles. The van der Waals surface area contributed by atoms with Gasteiger partial charge in [-0.15, -0.1) is 0 Å². The van der Waals surface area contributed by atoms with E-state index in [0.717, 1.165) is 0 Å². The summed E-state index contributed by atoms with van der Waals surface area (Å²) in [5, 5.41) is 13.7. The van der Waals surface area contributed by atoms with Crippen molar-refractivity contribution in [3.05, 3.63) is 29.8 Å². The summed E-state index contributed by atoms with van der Waals surface area (Å²) in [5.74, 6) is -0.985. The highest BCUT2D eigenvalue weighted by atomic mass is 16.3. The van der Waals surface area contributed by atoms with E-state index in [9.17, 15) is 14.4 Å². The van der Waals surface area contributed by atoms with Gasteiger partial charge in [0.15, 0.2) is 5.96 Å². The molecular weight excluding hydrogens is 278 g/mol. The van der Waals surface area contributed by atoms with Gasteiger partial charge in [-0.25, -0.2) is 4.79 Å². The van der Waals surface area contributed by atoms with Crippen LogP contribution in [0.4, 0.5) is 4.79 Å². The van der Waals surface area contributed by atoms with Crippen LogP contribution >= 0.6 is 0 Å². The van der Waals surface area contributed by atoms with Crippen LogP contribution in [0.1, 0.15) is 11.6 Å². The third kappa shape index (κ3) is 5.59. The van der Waals surface area contributed by atoms with Crippen LogP contribution in [0.5, 0.6) is 5.75 Å². The van der Waals surface area contributed by atoms with Gasteiger partial charge in [-0.3, -0.25) is 4.79 Å². The molecule has 21 heavy (non-hydrogen) atoms. The minimum Gasteiger partial charge on any atom is -0.508 e. The fourth-order valence-corrected chi connectivity index (χ4v) is 1.41. The first-order valence-corrected chi connectivity index (χ1v) is 5.83. The molecule has 1 aromatic carbocycles. The van der Waals surface area contributed by atoms with Crippen molar-refractivity contribution in [2.45, 2.75) is 6.04 Å². The molecule has 1 unspecified atom stereocenters. The molecule has 0 fully saturated rings. The number of benzene rings is 1. The van der Waals surface area contributed by atoms with Gasteiger partial charge in [-0.2, -0.15) is 4.99 Å². The van der Waals surface area contributed by atoms with E-state index in [-0.39, 0.29) is 5.75 Å². The number of hydrogen-bond donors (Lipinski definition) is 5. The Morgan fingerprint density at radius 3 is 2.43 bits per heavy atom. The predicted molar refractivity (Wildman–Crippen MR) is 74.3 cm³/mol. The molecule has 3 amide bonds. The molecule has 0 saturated carbocycles. The Morgan fingerprint density at radius 2 is 1.90 bits per heavy atom. The summed E-state index contributed by atoms with van der Waals surface area (Å²) >= 11 is 0. The molecule has 9 heteroatoms. The summed E-state index contributed by atoms with van der Waals surface area (Å²) in [4.78, 5) is 36.8. The van der Waals surface area contributed by atoms with Crippen LogP contribution in [0.15, 0.2) is 29.3 Å². The first kappa shape index (κ1) is 16.0. The zero-order valence-electron chi connectivity index (χ0n) is 10.9. The zero-order valence-corrected chi connectivity index (χ0v) is 10.9. The highest BCUT2D eigenvalue weighted by Crippen LogP contribution is 2.15. The van der Waals surface area contributed by atoms with Crippen LogP contribution in [-0.4, -0.2) is 35.8 Å². The Balaban J connectivity index is 2.55. The van der Waals surface area contributed by atoms with Gasteiger partial charge in [0.1, 0.15) is 18.1 Å². The number of nitrogens with one attached hydrogen (secondary N) is 2. The van der Waals surface area contributed by atoms with E-state index < -0.39 is 30.5 Å². The Bertz CT molecular complexity index is 551. The number of amides is 3. The van der Waals surface area contributed by atoms with Crippen LogP contribution in [0.25, 0.3) is 0 Å². The molecule has 0 heterocycles. The molecular formula is C12H15N5O4. The Morgan fingerprint density at radius 1 is 1.29 bits per heavy atom. The van der Waals surface area contributed by atoms with Gasteiger partial charge in [-0.05, 0) is 17.7 Å². The van der Waals surface area contributed by atoms with E-state index in [4.69, 9.17) is 16.6 Å². The van der Waals surface area contributed by atoms with Crippen molar-refractivity contribution in [1.82, 2.24) is 10.6 Å². The second kappa shape index (κ2) is 7.48. The summed E-state index contributed by atoms with van der Waals surface area (Å²) in [6, 6.07) is 4.01. The number of rotatable bonds is 5. The third-order valence-electron chi connectivity index (χ3n) is 2.34. The summed E-state index contributed by atoms with van der Waals surface area (Å²) in [5.41, 5.74) is 10.5. The topological polar surface area (TPSA) is 160 Å². The van der Waals surface area contributed by atoms with E-state index in [0.29, 0.717) is 11.8 Å². The van der Waals surface area contributed by atoms with Gasteiger partial charge in [0.25, 0.3) is 0 Å². The lowest BCUT2D eigenvalue weighted by Gasteiger charge is -2.13. The minimum absolute atomic E-state index is 0.0409. The number of aliphatic imine (C=N–C) groups is 1. The molecule has 112 valence electrons. The third-order valence-corrected chi connectivity index (χ3v) is 2.34. The molecule has 7 N–H and O–H groups in total. The summed E-state index contributed by atoms with van der Waals surface area (Å²) in [6.45, 7) is -0.391. The first-order valence-electron chi connectivity index (χ1n) is 5.83. The Labute approximate surface area is 120 Å². The average molecular weight is 293 g/mol. The van der Waals surface area contributed by atoms with Crippen LogP contribution in [-0.2, 0) is 9.59 Å². The van der Waals surface area contributed by atoms with Gasteiger partial charge in [0.05, 0.1) is 6.54 Å². The zero-order chi connectivity index (χ0) is 15.8. The number of urea groups is 1. The van der Waals surface area contributed by atoms with Crippen molar-refractivity contribution >= 4 is 24.2 Å². The number of phenols is 1. The van der Waals surface area contributed by atoms with Crippen molar-refractivity contribution in [3.8, 4) is 5.75 Å². The van der Waals surface area contributed by atoms with Crippen LogP contribution in [0, 0.1) is 0 Å². The van der Waals surface area contributed by atoms with Crippen LogP contribution in [0.2, 0.25) is 0 Å². The molecule has 1 rings (SSSR count). The van der Waals surface area contributed by atoms with Crippen molar-refractivity contribution < 1.29 is 19.5 Å². The van der Waals surface area contributed by atoms with Crippen molar-refractivity contribution in [1.29, 1.82) is 0 Å². The summed E-state index contributed by atoms with van der Waals surface area (Å²) in [7, 11) is 0. The lowest BCUT2D eigenvalue weighted by molar-refractivity contribution is -0.123. The fourth-order valence-electron chi connectivity index (χ4n) is 1.41. The number of guanidine groups is 1. The second-order valence-corrected chi connectivity index (χ2v) is 3.97. The first-order chi connectivity index (χ1) is 9.92. The molecule has 0 radical (unpaired) electrons. The van der Waals surface area contributed by atoms with Crippen molar-refractivity contribution in [2.75, 3.05) is 6.54 Å². The molecule has 0 spiro atoms. The predicted octanol–water partition coefficient (Wildman–Crippen LogP) is -1.27. The average Bonchev–Trinajstić information content (AvgIpc) is 2.43. The van der Waals surface area contributed by atoms with Crippen molar-refractivity contribution in [2.24, 2.45) is 16.5 Å². The molecule has 1 atom stereocenters. The Hall–Kier alpha value is -3.10. The molecule has 0 aliphatic heterocycles. The van der Waals surface area contributed by atoms with Gasteiger partial charge in [0, 0.05) is 0 Å². The number of nitrogens with two attached hydrogens (primary N) is 2. The maximum Gasteiger partial charge on any atom is 0.344 e. The van der Waals surface area contributed by atoms with Gasteiger partial charge < -0.3 is 32.0 Å². The molecule has 1 aromatic rings. The maximum absolute atomic E-state index is 11.6. The molecule has 0 aliphatic rings. The number of hydrogen-bond acceptors (Lipinski definition) is 4. The monoisotopic (exact) mass is 293 g/mol. The lowest BCUT2D eigenvalue weighted by atomic mass is 10.1. The molecule has 9 nitrogen and oxygen atoms in total. The van der Waals surface area contributed by atoms with Gasteiger partial charge in [-0.1, -0.05) is 12.1 Å². The maximum atomic E-state index is 11.6. The molecule has 0 bridgehead atoms. The van der Waals surface area contributed by atoms with E-state index in [1.54, 1.807) is 0 Å². The van der Waals surface area contributed by atoms with Gasteiger partial charge in [0.2, 0.25) is 5.91 Å². The largest absolute Gasteiger partial charge is 0.508 e. The van der Waals surface area contributed by atoms with Crippen LogP contribution in [0.3, 0.4) is 0 Å². The standard InChI is InChI=1S/C12H15N5O4/c13-11(14)17-12(21)15-5-10(20)16-9(6-18)7-1-3-8(19)4-2-7/h1-4,6,9,19H,5H2,(H,16,20)(H5,13,14,15,17,21). The highest BCUT2D eigenvalue weighted by Gasteiger charge is 2.14. The van der Waals surface area contributed by atoms with E-state index in [1.807, 2.05) is 0 Å². The van der Waals surface area contributed by atoms with Gasteiger partial charge >= 0.3 is 6.03 Å². The second-order valence-electron chi connectivity index (χ2n) is 3.97. The van der Waals surface area contributed by atoms with E-state index in [1.165, 1.54) is 24.3 Å². The SMILES string of the molecule is NC(N)=NC(=O)NCC(=O)NC(C=O)c1ccc(O)cc1. The number of aldehydes is 1. The van der Waals surface area contributed by atoms with Crippen LogP contribution < -0.4 is 22.1 Å². The van der Waals surface area contributed by atoms with Crippen molar-refractivity contribution in [3.63, 3.8) is 0 Å². The molecule has 0 saturated heterocycles. The normalized spacial score (nSPS) is 11.0. The number of phenolic OH excluding ortho intramolecular Hbond substituents is 1. The highest BCUT2D eigenvalue weighted by molar-refractivity contribution is 5.92. The quantitative estimate of drug-likeness (QED) is 0.258.